The molecule has 4 nitrogen and oxygen atoms in total. The van der Waals surface area contributed by atoms with Crippen molar-refractivity contribution in [3.8, 4) is 0 Å². The minimum absolute atomic E-state index is 0.368. The van der Waals surface area contributed by atoms with Crippen molar-refractivity contribution < 1.29 is 14.7 Å². The Morgan fingerprint density at radius 2 is 1.92 bits per heavy atom. The third-order valence-electron chi connectivity index (χ3n) is 3.01. The van der Waals surface area contributed by atoms with Gasteiger partial charge in [-0.25, -0.2) is 9.59 Å². The molecule has 0 bridgehead atoms. The molecular formula is C9H11NO3. The zero-order valence-corrected chi connectivity index (χ0v) is 7.19. The van der Waals surface area contributed by atoms with Gasteiger partial charge in [0.25, 0.3) is 0 Å². The number of nitrogens with zero attached hydrogens (tertiary/aromatic N) is 1. The molecule has 1 saturated carbocycles. The molecule has 0 aromatic carbocycles. The summed E-state index contributed by atoms with van der Waals surface area (Å²) in [5.74, 6) is 2.67. The van der Waals surface area contributed by atoms with Gasteiger partial charge in [0, 0.05) is 18.7 Å². The van der Waals surface area contributed by atoms with Crippen molar-refractivity contribution >= 4 is 12.0 Å². The average Bonchev–Trinajstić information content (AvgIpc) is 2.58. The number of fused-ring (bicyclic) bond motifs is 1. The highest BCUT2D eigenvalue weighted by Crippen LogP contribution is 2.39. The van der Waals surface area contributed by atoms with Crippen LogP contribution in [-0.2, 0) is 4.79 Å². The fourth-order valence-corrected chi connectivity index (χ4v) is 2.36. The van der Waals surface area contributed by atoms with Gasteiger partial charge < -0.3 is 10.0 Å². The second-order valence-electron chi connectivity index (χ2n) is 3.82. The molecule has 2 rings (SSSR count). The van der Waals surface area contributed by atoms with Crippen molar-refractivity contribution in [2.75, 3.05) is 13.1 Å². The maximum absolute atomic E-state index is 10.6. The number of hydrogen-bond acceptors (Lipinski definition) is 2. The maximum atomic E-state index is 10.6. The van der Waals surface area contributed by atoms with E-state index in [2.05, 4.69) is 0 Å². The van der Waals surface area contributed by atoms with Gasteiger partial charge in [-0.2, -0.15) is 0 Å². The van der Waals surface area contributed by atoms with Crippen molar-refractivity contribution in [2.24, 2.45) is 11.8 Å². The molecule has 13 heavy (non-hydrogen) atoms. The molecule has 1 amide bonds. The van der Waals surface area contributed by atoms with Crippen LogP contribution < -0.4 is 0 Å². The van der Waals surface area contributed by atoms with Crippen LogP contribution in [0.1, 0.15) is 12.8 Å². The minimum atomic E-state index is -0.842. The SMILES string of the molecule is O=C=C1C[C@@H]2CN(C(=O)O)C[C@@H]2C1. The molecule has 1 aliphatic heterocycles. The molecular weight excluding hydrogens is 170 g/mol. The predicted molar refractivity (Wildman–Crippen MR) is 45.0 cm³/mol. The van der Waals surface area contributed by atoms with Crippen molar-refractivity contribution in [3.05, 3.63) is 5.57 Å². The van der Waals surface area contributed by atoms with E-state index in [4.69, 9.17) is 5.11 Å². The first-order chi connectivity index (χ1) is 6.20. The molecule has 2 aliphatic rings. The molecule has 0 aromatic heterocycles. The normalized spacial score (nSPS) is 31.7. The monoisotopic (exact) mass is 181 g/mol. The molecule has 1 heterocycles. The van der Waals surface area contributed by atoms with Crippen LogP contribution in [-0.4, -0.2) is 35.1 Å². The molecule has 70 valence electrons. The molecule has 1 N–H and O–H groups in total. The summed E-state index contributed by atoms with van der Waals surface area (Å²) in [6.07, 6.45) is 0.654. The van der Waals surface area contributed by atoms with E-state index < -0.39 is 6.09 Å². The highest BCUT2D eigenvalue weighted by molar-refractivity contribution is 5.65. The first-order valence-electron chi connectivity index (χ1n) is 4.41. The first kappa shape index (κ1) is 8.32. The predicted octanol–water partition coefficient (Wildman–Crippen LogP) is 0.764. The fourth-order valence-electron chi connectivity index (χ4n) is 2.36. The van der Waals surface area contributed by atoms with Crippen LogP contribution in [0.4, 0.5) is 4.79 Å². The Labute approximate surface area is 75.8 Å². The van der Waals surface area contributed by atoms with Crippen LogP contribution in [0.15, 0.2) is 5.57 Å². The van der Waals surface area contributed by atoms with Crippen molar-refractivity contribution in [1.82, 2.24) is 4.90 Å². The molecule has 1 aliphatic carbocycles. The zero-order valence-electron chi connectivity index (χ0n) is 7.19. The summed E-state index contributed by atoms with van der Waals surface area (Å²) in [5.41, 5.74) is 0.833. The molecule has 2 atom stereocenters. The Bertz CT molecular complexity index is 277. The van der Waals surface area contributed by atoms with Crippen LogP contribution in [0.3, 0.4) is 0 Å². The van der Waals surface area contributed by atoms with E-state index in [-0.39, 0.29) is 0 Å². The van der Waals surface area contributed by atoms with E-state index in [9.17, 15) is 9.59 Å². The maximum Gasteiger partial charge on any atom is 0.407 e. The number of hydrogen-bond donors (Lipinski definition) is 1. The summed E-state index contributed by atoms with van der Waals surface area (Å²) in [7, 11) is 0. The van der Waals surface area contributed by atoms with E-state index in [0.29, 0.717) is 24.9 Å². The lowest BCUT2D eigenvalue weighted by molar-refractivity contribution is 0.152. The van der Waals surface area contributed by atoms with E-state index in [1.54, 1.807) is 0 Å². The molecule has 1 saturated heterocycles. The zero-order chi connectivity index (χ0) is 9.42. The van der Waals surface area contributed by atoms with Gasteiger partial charge >= 0.3 is 6.09 Å². The van der Waals surface area contributed by atoms with Crippen LogP contribution in [0.2, 0.25) is 0 Å². The lowest BCUT2D eigenvalue weighted by atomic mass is 10.0. The Kier molecular flexibility index (Phi) is 1.85. The highest BCUT2D eigenvalue weighted by Gasteiger charge is 2.40. The number of likely N-dealkylation sites (tertiary alicyclic amines) is 1. The second kappa shape index (κ2) is 2.89. The van der Waals surface area contributed by atoms with E-state index in [0.717, 1.165) is 18.4 Å². The first-order valence-corrected chi connectivity index (χ1v) is 4.41. The Balaban J connectivity index is 2.04. The van der Waals surface area contributed by atoms with Gasteiger partial charge in [0.05, 0.1) is 0 Å². The van der Waals surface area contributed by atoms with Gasteiger partial charge in [-0.3, -0.25) is 0 Å². The van der Waals surface area contributed by atoms with Crippen LogP contribution in [0, 0.1) is 11.8 Å². The highest BCUT2D eigenvalue weighted by atomic mass is 16.4. The lowest BCUT2D eigenvalue weighted by Gasteiger charge is -2.11. The molecule has 2 fully saturated rings. The number of carbonyl (C=O) groups excluding carboxylic acids is 1. The lowest BCUT2D eigenvalue weighted by Crippen LogP contribution is -2.27. The smallest absolute Gasteiger partial charge is 0.407 e. The molecule has 0 radical (unpaired) electrons. The van der Waals surface area contributed by atoms with Gasteiger partial charge in [-0.05, 0) is 24.7 Å². The number of carboxylic acid groups (broad SMARTS) is 1. The van der Waals surface area contributed by atoms with Gasteiger partial charge in [0.2, 0.25) is 0 Å². The summed E-state index contributed by atoms with van der Waals surface area (Å²) >= 11 is 0. The quantitative estimate of drug-likeness (QED) is 0.561. The van der Waals surface area contributed by atoms with Crippen LogP contribution in [0.5, 0.6) is 0 Å². The number of allylic oxidation sites excluding steroid dienone is 1. The van der Waals surface area contributed by atoms with Gasteiger partial charge in [-0.15, -0.1) is 0 Å². The number of carbonyl (C=O) groups is 1. The van der Waals surface area contributed by atoms with Crippen LogP contribution >= 0.6 is 0 Å². The molecule has 0 spiro atoms. The molecule has 4 heteroatoms. The largest absolute Gasteiger partial charge is 0.465 e. The van der Waals surface area contributed by atoms with E-state index >= 15 is 0 Å². The summed E-state index contributed by atoms with van der Waals surface area (Å²) in [6, 6.07) is 0. The van der Waals surface area contributed by atoms with Crippen molar-refractivity contribution in [3.63, 3.8) is 0 Å². The standard InChI is InChI=1S/C9H11NO3/c11-5-6-1-7-3-10(9(12)13)4-8(7)2-6/h7-8H,1-4H2,(H,12,13)/t7-,8+. The fraction of sp³-hybridized carbons (Fsp3) is 0.667. The topological polar surface area (TPSA) is 57.6 Å². The van der Waals surface area contributed by atoms with Gasteiger partial charge in [0.15, 0.2) is 0 Å². The van der Waals surface area contributed by atoms with Gasteiger partial charge in [-0.1, -0.05) is 0 Å². The Morgan fingerprint density at radius 1 is 1.38 bits per heavy atom. The van der Waals surface area contributed by atoms with Crippen LogP contribution in [0.25, 0.3) is 0 Å². The minimum Gasteiger partial charge on any atom is -0.465 e. The Morgan fingerprint density at radius 3 is 2.31 bits per heavy atom. The third-order valence-corrected chi connectivity index (χ3v) is 3.01. The number of rotatable bonds is 0. The van der Waals surface area contributed by atoms with Crippen molar-refractivity contribution in [2.45, 2.75) is 12.8 Å². The molecule has 0 unspecified atom stereocenters. The van der Waals surface area contributed by atoms with Gasteiger partial charge in [0.1, 0.15) is 5.94 Å². The third kappa shape index (κ3) is 1.33. The molecule has 0 aromatic rings. The summed E-state index contributed by atoms with van der Waals surface area (Å²) in [4.78, 5) is 22.4. The van der Waals surface area contributed by atoms with E-state index in [1.165, 1.54) is 4.90 Å². The Hall–Kier alpha value is -1.28. The number of amides is 1. The summed E-state index contributed by atoms with van der Waals surface area (Å²) < 4.78 is 0. The second-order valence-corrected chi connectivity index (χ2v) is 3.82. The average molecular weight is 181 g/mol. The van der Waals surface area contributed by atoms with E-state index in [1.807, 2.05) is 5.94 Å². The summed E-state index contributed by atoms with van der Waals surface area (Å²) in [6.45, 7) is 1.18. The van der Waals surface area contributed by atoms with Crippen molar-refractivity contribution in [1.29, 1.82) is 0 Å². The summed E-state index contributed by atoms with van der Waals surface area (Å²) in [5, 5.41) is 8.73.